The molecule has 5 rings (SSSR count). The van der Waals surface area contributed by atoms with E-state index in [4.69, 9.17) is 4.74 Å². The van der Waals surface area contributed by atoms with Gasteiger partial charge in [0.1, 0.15) is 17.6 Å². The molecule has 0 unspecified atom stereocenters. The summed E-state index contributed by atoms with van der Waals surface area (Å²) in [6.45, 7) is 0.745. The fraction of sp³-hybridized carbons (Fsp3) is 0.583. The molecule has 3 fully saturated rings. The molecule has 3 atom stereocenters. The topological polar surface area (TPSA) is 117 Å². The van der Waals surface area contributed by atoms with Gasteiger partial charge in [-0.05, 0) is 38.7 Å². The molecule has 3 aliphatic heterocycles. The van der Waals surface area contributed by atoms with E-state index < -0.39 is 59.3 Å². The van der Waals surface area contributed by atoms with Gasteiger partial charge in [-0.2, -0.15) is 26.3 Å². The number of nitrogens with one attached hydrogen (secondary N) is 2. The highest BCUT2D eigenvalue weighted by Crippen LogP contribution is 2.44. The molecule has 2 aromatic rings. The molecular formula is C24H25F6N5O4S. The largest absolute Gasteiger partial charge is 0.417 e. The molecule has 3 saturated heterocycles. The lowest BCUT2D eigenvalue weighted by Crippen LogP contribution is -2.42. The van der Waals surface area contributed by atoms with Crippen LogP contribution >= 0.6 is 11.3 Å². The number of carbonyl (C=O) groups excluding carboxylic acids is 2. The molecule has 3 N–H and O–H groups in total. The van der Waals surface area contributed by atoms with Gasteiger partial charge in [0.05, 0.1) is 35.8 Å². The number of aromatic nitrogens is 2. The van der Waals surface area contributed by atoms with Crippen molar-refractivity contribution < 1.29 is 45.8 Å². The van der Waals surface area contributed by atoms with E-state index in [-0.39, 0.29) is 40.9 Å². The van der Waals surface area contributed by atoms with Crippen molar-refractivity contribution >= 4 is 29.0 Å². The minimum absolute atomic E-state index is 0.0104. The first-order valence-electron chi connectivity index (χ1n) is 12.5. The van der Waals surface area contributed by atoms with Crippen molar-refractivity contribution in [2.24, 2.45) is 0 Å². The van der Waals surface area contributed by atoms with Crippen LogP contribution in [0.25, 0.3) is 10.4 Å². The average Bonchev–Trinajstić information content (AvgIpc) is 3.67. The van der Waals surface area contributed by atoms with Gasteiger partial charge in [-0.3, -0.25) is 9.59 Å². The fourth-order valence-electron chi connectivity index (χ4n) is 5.28. The Labute approximate surface area is 227 Å². The van der Waals surface area contributed by atoms with Crippen LogP contribution in [0.3, 0.4) is 0 Å². The summed E-state index contributed by atoms with van der Waals surface area (Å²) in [7, 11) is 0. The minimum atomic E-state index is -5.04. The van der Waals surface area contributed by atoms with Gasteiger partial charge in [-0.25, -0.2) is 9.97 Å². The third kappa shape index (κ3) is 5.48. The van der Waals surface area contributed by atoms with E-state index in [0.29, 0.717) is 17.4 Å². The van der Waals surface area contributed by atoms with Gasteiger partial charge in [-0.1, -0.05) is 0 Å². The van der Waals surface area contributed by atoms with Crippen LogP contribution < -0.4 is 10.6 Å². The number of anilines is 1. The first-order valence-corrected chi connectivity index (χ1v) is 13.4. The van der Waals surface area contributed by atoms with Crippen LogP contribution in [-0.2, 0) is 10.9 Å². The second-order valence-electron chi connectivity index (χ2n) is 10.1. The van der Waals surface area contributed by atoms with Crippen LogP contribution in [0.4, 0.5) is 32.2 Å². The van der Waals surface area contributed by atoms with E-state index in [1.165, 1.54) is 0 Å². The van der Waals surface area contributed by atoms with Gasteiger partial charge < -0.3 is 25.4 Å². The fourth-order valence-corrected chi connectivity index (χ4v) is 6.26. The molecule has 0 aromatic carbocycles. The second kappa shape index (κ2) is 10.4. The van der Waals surface area contributed by atoms with E-state index >= 15 is 0 Å². The van der Waals surface area contributed by atoms with Crippen LogP contribution in [0.15, 0.2) is 12.3 Å². The molecular weight excluding hydrogens is 568 g/mol. The molecule has 218 valence electrons. The summed E-state index contributed by atoms with van der Waals surface area (Å²) < 4.78 is 86.8. The van der Waals surface area contributed by atoms with Crippen LogP contribution in [0.1, 0.15) is 58.5 Å². The van der Waals surface area contributed by atoms with E-state index in [1.807, 2.05) is 5.32 Å². The highest BCUT2D eigenvalue weighted by molar-refractivity contribution is 7.17. The predicted octanol–water partition coefficient (Wildman–Crippen LogP) is 3.84. The lowest BCUT2D eigenvalue weighted by atomic mass is 10.0. The van der Waals surface area contributed by atoms with E-state index in [2.05, 4.69) is 15.3 Å². The summed E-state index contributed by atoms with van der Waals surface area (Å²) in [5.74, 6) is -2.10. The maximum absolute atomic E-state index is 14.2. The summed E-state index contributed by atoms with van der Waals surface area (Å²) in [5, 5.41) is 14.1. The normalized spacial score (nSPS) is 25.4. The van der Waals surface area contributed by atoms with Gasteiger partial charge >= 0.3 is 12.4 Å². The Morgan fingerprint density at radius 2 is 1.77 bits per heavy atom. The Bertz CT molecular complexity index is 1280. The number of nitrogens with zero attached hydrogens (tertiary/aromatic N) is 3. The number of carbonyl (C=O) groups is 2. The lowest BCUT2D eigenvalue weighted by molar-refractivity contribution is -0.138. The zero-order valence-electron chi connectivity index (χ0n) is 21.0. The Balaban J connectivity index is 1.56. The molecule has 2 aromatic heterocycles. The van der Waals surface area contributed by atoms with Gasteiger partial charge in [0.15, 0.2) is 5.01 Å². The Morgan fingerprint density at radius 1 is 1.12 bits per heavy atom. The third-order valence-corrected chi connectivity index (χ3v) is 8.48. The summed E-state index contributed by atoms with van der Waals surface area (Å²) in [5.41, 5.74) is -2.30. The smallest absolute Gasteiger partial charge is 0.388 e. The quantitative estimate of drug-likeness (QED) is 0.436. The van der Waals surface area contributed by atoms with Crippen molar-refractivity contribution in [3.8, 4) is 10.4 Å². The van der Waals surface area contributed by atoms with Gasteiger partial charge in [0.2, 0.25) is 0 Å². The number of ether oxygens (including phenoxy) is 1. The number of hydrogen-bond donors (Lipinski definition) is 3. The Hall–Kier alpha value is -2.98. The van der Waals surface area contributed by atoms with E-state index in [0.717, 1.165) is 38.8 Å². The van der Waals surface area contributed by atoms with Crippen molar-refractivity contribution in [3.05, 3.63) is 28.5 Å². The highest BCUT2D eigenvalue weighted by atomic mass is 32.1. The Kier molecular flexibility index (Phi) is 7.46. The third-order valence-electron chi connectivity index (χ3n) is 7.39. The van der Waals surface area contributed by atoms with E-state index in [1.54, 1.807) is 4.90 Å². The number of aliphatic hydroxyl groups excluding tert-OH is 1. The van der Waals surface area contributed by atoms with Crippen molar-refractivity contribution in [1.29, 1.82) is 0 Å². The number of fused-ring (bicyclic) bond motifs is 2. The highest BCUT2D eigenvalue weighted by Gasteiger charge is 2.45. The number of thiazole rings is 1. The lowest BCUT2D eigenvalue weighted by Gasteiger charge is -2.22. The monoisotopic (exact) mass is 593 g/mol. The molecule has 2 bridgehead atoms. The van der Waals surface area contributed by atoms with Crippen LogP contribution in [-0.4, -0.2) is 81.5 Å². The van der Waals surface area contributed by atoms with Crippen LogP contribution in [0.5, 0.6) is 0 Å². The van der Waals surface area contributed by atoms with Gasteiger partial charge in [-0.15, -0.1) is 11.3 Å². The summed E-state index contributed by atoms with van der Waals surface area (Å²) >= 11 is 0.536. The molecule has 5 heterocycles. The standard InChI is InChI=1S/C24H25F6N5O4S/c1-10(23(25,26)27)32-17-6-14(24(28,29)30)13(7-31-17)19-18(22(38)35-11-2-3-12(35)5-4-11)34-21(40-19)20(37)33-15-8-39-9-16(15)36/h6-7,10-12,15-16,36H,2-5,8-9H2,1H3,(H,31,32)(H,33,37)/t10-,11-,12+,15+,16+/m0/s1. The molecule has 9 nitrogen and oxygen atoms in total. The number of rotatable bonds is 6. The number of hydrogen-bond acceptors (Lipinski definition) is 8. The first-order chi connectivity index (χ1) is 18.7. The second-order valence-corrected chi connectivity index (χ2v) is 11.1. The zero-order chi connectivity index (χ0) is 29.0. The number of alkyl halides is 6. The van der Waals surface area contributed by atoms with Gasteiger partial charge in [0, 0.05) is 23.8 Å². The Morgan fingerprint density at radius 3 is 2.33 bits per heavy atom. The molecule has 0 radical (unpaired) electrons. The molecule has 0 saturated carbocycles. The molecule has 16 heteroatoms. The van der Waals surface area contributed by atoms with Gasteiger partial charge in [0.25, 0.3) is 11.8 Å². The van der Waals surface area contributed by atoms with Crippen molar-refractivity contribution in [2.45, 2.75) is 75.2 Å². The number of amides is 2. The maximum atomic E-state index is 14.2. The van der Waals surface area contributed by atoms with Crippen molar-refractivity contribution in [3.63, 3.8) is 0 Å². The van der Waals surface area contributed by atoms with Crippen molar-refractivity contribution in [1.82, 2.24) is 20.2 Å². The SMILES string of the molecule is C[C@H](Nc1cc(C(F)(F)F)c(-c2sc(C(=O)N[C@@H]3COC[C@H]3O)nc2C(=O)N2[C@H]3CC[C@@H]2CC3)cn1)C(F)(F)F. The molecule has 40 heavy (non-hydrogen) atoms. The predicted molar refractivity (Wildman–Crippen MR) is 130 cm³/mol. The summed E-state index contributed by atoms with van der Waals surface area (Å²) in [6.07, 6.45) is -7.05. The summed E-state index contributed by atoms with van der Waals surface area (Å²) in [4.78, 5) is 35.9. The number of aliphatic hydroxyl groups is 1. The number of pyridine rings is 1. The summed E-state index contributed by atoms with van der Waals surface area (Å²) in [6, 6.07) is -2.70. The first kappa shape index (κ1) is 28.5. The number of halogens is 6. The molecule has 3 aliphatic rings. The molecule has 0 aliphatic carbocycles. The van der Waals surface area contributed by atoms with Crippen molar-refractivity contribution in [2.75, 3.05) is 18.5 Å². The average molecular weight is 594 g/mol. The molecule has 0 spiro atoms. The zero-order valence-corrected chi connectivity index (χ0v) is 21.8. The van der Waals surface area contributed by atoms with Crippen LogP contribution in [0.2, 0.25) is 0 Å². The maximum Gasteiger partial charge on any atom is 0.417 e. The van der Waals surface area contributed by atoms with E-state index in [9.17, 15) is 41.0 Å². The molecule has 2 amide bonds. The van der Waals surface area contributed by atoms with Crippen LogP contribution in [0, 0.1) is 0 Å². The minimum Gasteiger partial charge on any atom is -0.388 e.